The van der Waals surface area contributed by atoms with Crippen molar-refractivity contribution in [1.29, 1.82) is 0 Å². The second kappa shape index (κ2) is 12.0. The van der Waals surface area contributed by atoms with E-state index in [9.17, 15) is 9.59 Å². The highest BCUT2D eigenvalue weighted by Gasteiger charge is 2.21. The number of amides is 2. The average Bonchev–Trinajstić information content (AvgIpc) is 3.71. The van der Waals surface area contributed by atoms with Gasteiger partial charge in [-0.2, -0.15) is 5.10 Å². The number of aromatic nitrogens is 5. The summed E-state index contributed by atoms with van der Waals surface area (Å²) in [4.78, 5) is 34.2. The molecule has 13 heteroatoms. The lowest BCUT2D eigenvalue weighted by Crippen LogP contribution is -2.20. The van der Waals surface area contributed by atoms with E-state index >= 15 is 0 Å². The number of benzene rings is 2. The van der Waals surface area contributed by atoms with Crippen LogP contribution in [-0.2, 0) is 13.1 Å². The molecule has 0 radical (unpaired) electrons. The smallest absolute Gasteiger partial charge is 0.295 e. The zero-order chi connectivity index (χ0) is 29.8. The number of hydrogen-bond donors (Lipinski definition) is 3. The monoisotopic (exact) mass is 572 g/mol. The molecule has 0 saturated carbocycles. The minimum atomic E-state index is -0.611. The number of carbonyl (C=O) groups excluding carboxylic acids is 2. The van der Waals surface area contributed by atoms with Gasteiger partial charge in [-0.05, 0) is 50.6 Å². The number of hydrogen-bond acceptors (Lipinski definition) is 9. The summed E-state index contributed by atoms with van der Waals surface area (Å²) in [6, 6.07) is 12.8. The lowest BCUT2D eigenvalue weighted by molar-refractivity contribution is 0.0995. The number of nitrogens with zero attached hydrogens (tertiary/aromatic N) is 5. The Balaban J connectivity index is 1.38. The molecular weight excluding hydrogens is 540 g/mol. The highest BCUT2D eigenvalue weighted by molar-refractivity contribution is 6.04. The van der Waals surface area contributed by atoms with Gasteiger partial charge in [0, 0.05) is 25.2 Å². The fourth-order valence-corrected chi connectivity index (χ4v) is 4.74. The lowest BCUT2D eigenvalue weighted by atomic mass is 10.1. The number of nitrogens with two attached hydrogens (primary N) is 1. The van der Waals surface area contributed by atoms with Crippen molar-refractivity contribution in [3.05, 3.63) is 65.6 Å². The SMILES string of the molecule is CCn1nc(C)cc1C(=O)Nc1nc2cc(C(N)=O)cc(OC)c2n1CCCNc1ncc(-c2ccccc2OC)o1. The maximum Gasteiger partial charge on any atom is 0.295 e. The van der Waals surface area contributed by atoms with Gasteiger partial charge in [-0.25, -0.2) is 9.97 Å². The first-order valence-electron chi connectivity index (χ1n) is 13.4. The molecule has 3 aromatic heterocycles. The van der Waals surface area contributed by atoms with Gasteiger partial charge in [-0.15, -0.1) is 0 Å². The second-order valence-corrected chi connectivity index (χ2v) is 9.45. The van der Waals surface area contributed by atoms with Crippen molar-refractivity contribution in [2.24, 2.45) is 5.73 Å². The number of rotatable bonds is 12. The van der Waals surface area contributed by atoms with E-state index in [1.165, 1.54) is 7.11 Å². The maximum absolute atomic E-state index is 13.3. The molecule has 5 aromatic rings. The Hall–Kier alpha value is -5.33. The van der Waals surface area contributed by atoms with E-state index < -0.39 is 5.91 Å². The molecule has 3 heterocycles. The van der Waals surface area contributed by atoms with Crippen molar-refractivity contribution in [2.45, 2.75) is 33.4 Å². The molecule has 0 spiro atoms. The summed E-state index contributed by atoms with van der Waals surface area (Å²) in [5, 5.41) is 10.5. The van der Waals surface area contributed by atoms with Gasteiger partial charge in [0.25, 0.3) is 11.9 Å². The molecule has 2 amide bonds. The van der Waals surface area contributed by atoms with Gasteiger partial charge >= 0.3 is 0 Å². The number of imidazole rings is 1. The fraction of sp³-hybridized carbons (Fsp3) is 0.276. The number of para-hydroxylation sites is 1. The number of nitrogens with one attached hydrogen (secondary N) is 2. The Morgan fingerprint density at radius 3 is 2.62 bits per heavy atom. The molecule has 0 aliphatic rings. The standard InChI is InChI=1S/C29H32N8O5/c1-5-37-21(13-17(2)35-37)27(39)34-28-33-20-14-18(26(30)38)15-23(41-4)25(20)36(28)12-8-11-31-29-32-16-24(42-29)19-9-6-7-10-22(19)40-3/h6-7,9-10,13-16H,5,8,11-12H2,1-4H3,(H2,30,38)(H,31,32)(H,33,34,39). The van der Waals surface area contributed by atoms with Crippen LogP contribution >= 0.6 is 0 Å². The molecule has 42 heavy (non-hydrogen) atoms. The van der Waals surface area contributed by atoms with Crippen LogP contribution in [0.2, 0.25) is 0 Å². The zero-order valence-electron chi connectivity index (χ0n) is 23.8. The first-order valence-corrected chi connectivity index (χ1v) is 13.4. The molecule has 218 valence electrons. The van der Waals surface area contributed by atoms with Gasteiger partial charge < -0.3 is 29.5 Å². The predicted molar refractivity (Wildman–Crippen MR) is 157 cm³/mol. The van der Waals surface area contributed by atoms with Gasteiger partial charge in [0.15, 0.2) is 5.76 Å². The molecule has 0 bridgehead atoms. The quantitative estimate of drug-likeness (QED) is 0.187. The Morgan fingerprint density at radius 2 is 1.88 bits per heavy atom. The van der Waals surface area contributed by atoms with Crippen LogP contribution in [-0.4, -0.2) is 56.9 Å². The van der Waals surface area contributed by atoms with Crippen LogP contribution in [0.4, 0.5) is 12.0 Å². The molecule has 0 aliphatic carbocycles. The number of methoxy groups -OCH3 is 2. The number of fused-ring (bicyclic) bond motifs is 1. The van der Waals surface area contributed by atoms with E-state index in [0.29, 0.717) is 72.0 Å². The highest BCUT2D eigenvalue weighted by atomic mass is 16.5. The lowest BCUT2D eigenvalue weighted by Gasteiger charge is -2.13. The van der Waals surface area contributed by atoms with Gasteiger partial charge in [-0.3, -0.25) is 19.6 Å². The summed E-state index contributed by atoms with van der Waals surface area (Å²) >= 11 is 0. The maximum atomic E-state index is 13.3. The molecule has 0 fully saturated rings. The summed E-state index contributed by atoms with van der Waals surface area (Å²) in [7, 11) is 3.11. The van der Waals surface area contributed by atoms with Crippen LogP contribution in [0.5, 0.6) is 11.5 Å². The van der Waals surface area contributed by atoms with Crippen LogP contribution < -0.4 is 25.8 Å². The number of carbonyl (C=O) groups is 2. The molecular formula is C29H32N8O5. The minimum absolute atomic E-state index is 0.248. The minimum Gasteiger partial charge on any atom is -0.496 e. The van der Waals surface area contributed by atoms with E-state index in [0.717, 1.165) is 11.3 Å². The van der Waals surface area contributed by atoms with Crippen LogP contribution in [0.3, 0.4) is 0 Å². The molecule has 0 unspecified atom stereocenters. The van der Waals surface area contributed by atoms with Gasteiger partial charge in [0.2, 0.25) is 11.9 Å². The summed E-state index contributed by atoms with van der Waals surface area (Å²) in [6.45, 7) is 5.22. The van der Waals surface area contributed by atoms with Gasteiger partial charge in [0.05, 0.1) is 37.2 Å². The molecule has 13 nitrogen and oxygen atoms in total. The second-order valence-electron chi connectivity index (χ2n) is 9.45. The van der Waals surface area contributed by atoms with E-state index in [1.807, 2.05) is 42.7 Å². The average molecular weight is 573 g/mol. The zero-order valence-corrected chi connectivity index (χ0v) is 23.8. The Kier molecular flexibility index (Phi) is 8.09. The molecule has 0 aliphatic heterocycles. The molecule has 2 aromatic carbocycles. The Labute approximate surface area is 241 Å². The van der Waals surface area contributed by atoms with Crippen molar-refractivity contribution in [1.82, 2.24) is 24.3 Å². The summed E-state index contributed by atoms with van der Waals surface area (Å²) in [6.07, 6.45) is 2.24. The van der Waals surface area contributed by atoms with Crippen LogP contribution in [0.25, 0.3) is 22.4 Å². The summed E-state index contributed by atoms with van der Waals surface area (Å²) in [5.41, 5.74) is 8.80. The number of ether oxygens (including phenoxy) is 2. The largest absolute Gasteiger partial charge is 0.496 e. The van der Waals surface area contributed by atoms with Crippen LogP contribution in [0, 0.1) is 6.92 Å². The topological polar surface area (TPSA) is 164 Å². The van der Waals surface area contributed by atoms with Crippen molar-refractivity contribution in [2.75, 3.05) is 31.4 Å². The van der Waals surface area contributed by atoms with Crippen molar-refractivity contribution < 1.29 is 23.5 Å². The first kappa shape index (κ1) is 28.2. The van der Waals surface area contributed by atoms with Crippen molar-refractivity contribution in [3.8, 4) is 22.8 Å². The molecule has 0 saturated heterocycles. The van der Waals surface area contributed by atoms with E-state index in [1.54, 1.807) is 36.2 Å². The predicted octanol–water partition coefficient (Wildman–Crippen LogP) is 4.09. The number of oxazole rings is 1. The van der Waals surface area contributed by atoms with E-state index in [-0.39, 0.29) is 11.5 Å². The Bertz CT molecular complexity index is 1750. The third kappa shape index (κ3) is 5.61. The number of primary amides is 1. The summed E-state index contributed by atoms with van der Waals surface area (Å²) < 4.78 is 20.4. The third-order valence-corrected chi connectivity index (χ3v) is 6.68. The number of aryl methyl sites for hydroxylation is 3. The van der Waals surface area contributed by atoms with Crippen LogP contribution in [0.15, 0.2) is 53.1 Å². The normalized spacial score (nSPS) is 11.0. The first-order chi connectivity index (χ1) is 20.3. The van der Waals surface area contributed by atoms with Crippen molar-refractivity contribution >= 4 is 34.8 Å². The highest BCUT2D eigenvalue weighted by Crippen LogP contribution is 2.32. The van der Waals surface area contributed by atoms with E-state index in [2.05, 4.69) is 25.7 Å². The van der Waals surface area contributed by atoms with Gasteiger partial charge in [-0.1, -0.05) is 12.1 Å². The number of anilines is 2. The molecule has 5 rings (SSSR count). The summed E-state index contributed by atoms with van der Waals surface area (Å²) in [5.74, 6) is 1.01. The third-order valence-electron chi connectivity index (χ3n) is 6.68. The van der Waals surface area contributed by atoms with E-state index in [4.69, 9.17) is 19.6 Å². The Morgan fingerprint density at radius 1 is 1.10 bits per heavy atom. The fourth-order valence-electron chi connectivity index (χ4n) is 4.74. The molecule has 4 N–H and O–H groups in total. The van der Waals surface area contributed by atoms with Crippen LogP contribution in [0.1, 0.15) is 39.9 Å². The van der Waals surface area contributed by atoms with Crippen molar-refractivity contribution in [3.63, 3.8) is 0 Å². The van der Waals surface area contributed by atoms with Gasteiger partial charge in [0.1, 0.15) is 22.7 Å². The molecule has 0 atom stereocenters.